The van der Waals surface area contributed by atoms with E-state index in [0.717, 1.165) is 11.1 Å². The van der Waals surface area contributed by atoms with Gasteiger partial charge in [0.15, 0.2) is 0 Å². The quantitative estimate of drug-likeness (QED) is 0.799. The number of hydrogen-bond donors (Lipinski definition) is 1. The van der Waals surface area contributed by atoms with E-state index < -0.39 is 5.60 Å². The van der Waals surface area contributed by atoms with Crippen LogP contribution in [0.2, 0.25) is 0 Å². The van der Waals surface area contributed by atoms with Crippen LogP contribution in [-0.4, -0.2) is 17.2 Å². The molecule has 3 nitrogen and oxygen atoms in total. The fraction of sp³-hybridized carbons (Fsp3) is 0.150. The number of aliphatic hydroxyl groups is 1. The van der Waals surface area contributed by atoms with Gasteiger partial charge < -0.3 is 9.84 Å². The van der Waals surface area contributed by atoms with Crippen LogP contribution < -0.4 is 4.74 Å². The highest BCUT2D eigenvalue weighted by molar-refractivity contribution is 5.53. The van der Waals surface area contributed by atoms with Gasteiger partial charge in [-0.3, -0.25) is 4.98 Å². The highest BCUT2D eigenvalue weighted by atomic mass is 16.5. The molecule has 0 bridgehead atoms. The Balaban J connectivity index is 2.34. The second kappa shape index (κ2) is 6.23. The summed E-state index contributed by atoms with van der Waals surface area (Å²) in [6.45, 7) is 1.99. The van der Waals surface area contributed by atoms with Crippen LogP contribution in [0.3, 0.4) is 0 Å². The molecule has 0 aliphatic carbocycles. The topological polar surface area (TPSA) is 42.4 Å². The van der Waals surface area contributed by atoms with E-state index in [1.165, 1.54) is 0 Å². The minimum Gasteiger partial charge on any atom is -0.496 e. The van der Waals surface area contributed by atoms with Crippen molar-refractivity contribution >= 4 is 0 Å². The zero-order valence-electron chi connectivity index (χ0n) is 13.2. The van der Waals surface area contributed by atoms with Crippen molar-refractivity contribution in [2.24, 2.45) is 0 Å². The minimum atomic E-state index is -1.33. The first-order valence-corrected chi connectivity index (χ1v) is 7.50. The molecular formula is C20H19NO2. The van der Waals surface area contributed by atoms with Crippen LogP contribution in [0, 0.1) is 6.92 Å². The summed E-state index contributed by atoms with van der Waals surface area (Å²) in [4.78, 5) is 4.19. The molecule has 0 amide bonds. The number of aromatic nitrogens is 1. The number of nitrogens with zero attached hydrogens (tertiary/aromatic N) is 1. The van der Waals surface area contributed by atoms with Crippen LogP contribution in [0.1, 0.15) is 22.3 Å². The summed E-state index contributed by atoms with van der Waals surface area (Å²) >= 11 is 0. The van der Waals surface area contributed by atoms with E-state index in [1.54, 1.807) is 19.5 Å². The Morgan fingerprint density at radius 2 is 1.61 bits per heavy atom. The van der Waals surface area contributed by atoms with Gasteiger partial charge >= 0.3 is 0 Å². The monoisotopic (exact) mass is 305 g/mol. The molecule has 2 aromatic carbocycles. The largest absolute Gasteiger partial charge is 0.496 e. The summed E-state index contributed by atoms with van der Waals surface area (Å²) in [5.41, 5.74) is 1.90. The molecule has 3 heteroatoms. The van der Waals surface area contributed by atoms with Crippen molar-refractivity contribution in [2.45, 2.75) is 12.5 Å². The zero-order chi connectivity index (χ0) is 16.3. The molecule has 0 aliphatic rings. The number of aryl methyl sites for hydroxylation is 1. The van der Waals surface area contributed by atoms with Gasteiger partial charge in [-0.15, -0.1) is 0 Å². The molecule has 0 aliphatic heterocycles. The Labute approximate surface area is 136 Å². The van der Waals surface area contributed by atoms with Gasteiger partial charge in [0.05, 0.1) is 7.11 Å². The molecule has 1 N–H and O–H groups in total. The third kappa shape index (κ3) is 2.60. The molecule has 1 unspecified atom stereocenters. The third-order valence-corrected chi connectivity index (χ3v) is 4.11. The van der Waals surface area contributed by atoms with Crippen LogP contribution in [-0.2, 0) is 5.60 Å². The Kier molecular flexibility index (Phi) is 4.13. The lowest BCUT2D eigenvalue weighted by Gasteiger charge is -2.32. The Bertz CT molecular complexity index is 802. The van der Waals surface area contributed by atoms with Gasteiger partial charge in [-0.2, -0.15) is 0 Å². The number of ether oxygens (including phenoxy) is 1. The first-order valence-electron chi connectivity index (χ1n) is 7.50. The van der Waals surface area contributed by atoms with Crippen molar-refractivity contribution in [3.8, 4) is 5.75 Å². The average Bonchev–Trinajstić information content (AvgIpc) is 2.62. The summed E-state index contributed by atoms with van der Waals surface area (Å²) in [6.07, 6.45) is 3.39. The maximum Gasteiger partial charge on any atom is 0.145 e. The molecule has 3 aromatic rings. The maximum atomic E-state index is 11.8. The van der Waals surface area contributed by atoms with Crippen LogP contribution in [0.4, 0.5) is 0 Å². The number of hydrogen-bond acceptors (Lipinski definition) is 3. The van der Waals surface area contributed by atoms with Crippen molar-refractivity contribution in [2.75, 3.05) is 7.11 Å². The lowest BCUT2D eigenvalue weighted by Crippen LogP contribution is -2.30. The smallest absolute Gasteiger partial charge is 0.145 e. The number of methoxy groups -OCH3 is 1. The standard InChI is InChI=1S/C20H19NO2/c1-15-8-3-4-10-17(15)20(22,16-9-7-13-21-14-16)18-11-5-6-12-19(18)23-2/h3-14,22H,1-2H3. The molecule has 1 aromatic heterocycles. The van der Waals surface area contributed by atoms with Gasteiger partial charge in [-0.25, -0.2) is 0 Å². The molecule has 0 radical (unpaired) electrons. The van der Waals surface area contributed by atoms with Crippen molar-refractivity contribution < 1.29 is 9.84 Å². The number of rotatable bonds is 4. The van der Waals surface area contributed by atoms with Crippen LogP contribution >= 0.6 is 0 Å². The SMILES string of the molecule is COc1ccccc1C(O)(c1cccnc1)c1ccccc1C. The van der Waals surface area contributed by atoms with Gasteiger partial charge in [-0.1, -0.05) is 48.5 Å². The maximum absolute atomic E-state index is 11.8. The van der Waals surface area contributed by atoms with Crippen LogP contribution in [0.5, 0.6) is 5.75 Å². The fourth-order valence-electron chi connectivity index (χ4n) is 2.96. The Morgan fingerprint density at radius 1 is 0.913 bits per heavy atom. The van der Waals surface area contributed by atoms with E-state index in [9.17, 15) is 5.11 Å². The molecular weight excluding hydrogens is 286 g/mol. The molecule has 0 saturated carbocycles. The van der Waals surface area contributed by atoms with Crippen molar-refractivity contribution in [1.82, 2.24) is 4.98 Å². The summed E-state index contributed by atoms with van der Waals surface area (Å²) in [5, 5.41) is 11.8. The van der Waals surface area contributed by atoms with Crippen LogP contribution in [0.15, 0.2) is 73.1 Å². The molecule has 3 rings (SSSR count). The molecule has 23 heavy (non-hydrogen) atoms. The second-order valence-electron chi connectivity index (χ2n) is 5.47. The highest BCUT2D eigenvalue weighted by Gasteiger charge is 2.37. The number of benzene rings is 2. The van der Waals surface area contributed by atoms with Gasteiger partial charge in [0, 0.05) is 23.5 Å². The van der Waals surface area contributed by atoms with E-state index in [0.29, 0.717) is 16.9 Å². The van der Waals surface area contributed by atoms with Crippen molar-refractivity contribution in [3.05, 3.63) is 95.3 Å². The molecule has 0 saturated heterocycles. The predicted molar refractivity (Wildman–Crippen MR) is 90.5 cm³/mol. The highest BCUT2D eigenvalue weighted by Crippen LogP contribution is 2.41. The zero-order valence-corrected chi connectivity index (χ0v) is 13.2. The van der Waals surface area contributed by atoms with Gasteiger partial charge in [0.2, 0.25) is 0 Å². The van der Waals surface area contributed by atoms with Crippen molar-refractivity contribution in [3.63, 3.8) is 0 Å². The molecule has 0 fully saturated rings. The molecule has 1 atom stereocenters. The summed E-state index contributed by atoms with van der Waals surface area (Å²) in [5.74, 6) is 0.641. The third-order valence-electron chi connectivity index (χ3n) is 4.11. The molecule has 1 heterocycles. The van der Waals surface area contributed by atoms with E-state index in [1.807, 2.05) is 67.6 Å². The lowest BCUT2D eigenvalue weighted by atomic mass is 9.79. The number of para-hydroxylation sites is 1. The normalized spacial score (nSPS) is 13.3. The average molecular weight is 305 g/mol. The second-order valence-corrected chi connectivity index (χ2v) is 5.47. The number of pyridine rings is 1. The first-order chi connectivity index (χ1) is 11.2. The summed E-state index contributed by atoms with van der Waals surface area (Å²) in [7, 11) is 1.61. The van der Waals surface area contributed by atoms with E-state index in [4.69, 9.17) is 4.74 Å². The molecule has 116 valence electrons. The van der Waals surface area contributed by atoms with Crippen molar-refractivity contribution in [1.29, 1.82) is 0 Å². The van der Waals surface area contributed by atoms with E-state index >= 15 is 0 Å². The van der Waals surface area contributed by atoms with Gasteiger partial charge in [0.25, 0.3) is 0 Å². The van der Waals surface area contributed by atoms with E-state index in [-0.39, 0.29) is 0 Å². The minimum absolute atomic E-state index is 0.641. The lowest BCUT2D eigenvalue weighted by molar-refractivity contribution is 0.121. The van der Waals surface area contributed by atoms with Gasteiger partial charge in [0.1, 0.15) is 11.4 Å². The van der Waals surface area contributed by atoms with Gasteiger partial charge in [-0.05, 0) is 30.2 Å². The predicted octanol–water partition coefficient (Wildman–Crippen LogP) is 3.68. The summed E-state index contributed by atoms with van der Waals surface area (Å²) in [6, 6.07) is 19.1. The Hall–Kier alpha value is -2.65. The Morgan fingerprint density at radius 3 is 2.26 bits per heavy atom. The van der Waals surface area contributed by atoms with Crippen LogP contribution in [0.25, 0.3) is 0 Å². The summed E-state index contributed by atoms with van der Waals surface area (Å²) < 4.78 is 5.49. The molecule has 0 spiro atoms. The fourth-order valence-corrected chi connectivity index (χ4v) is 2.96. The first kappa shape index (κ1) is 15.3. The van der Waals surface area contributed by atoms with E-state index in [2.05, 4.69) is 4.98 Å².